The van der Waals surface area contributed by atoms with E-state index in [1.54, 1.807) is 7.11 Å². The molecule has 1 heterocycles. The molecule has 22 heavy (non-hydrogen) atoms. The maximum absolute atomic E-state index is 10.6. The molecule has 0 saturated carbocycles. The first kappa shape index (κ1) is 18.2. The highest BCUT2D eigenvalue weighted by molar-refractivity contribution is 5.73. The van der Waals surface area contributed by atoms with Gasteiger partial charge in [0.25, 0.3) is 0 Å². The van der Waals surface area contributed by atoms with Crippen molar-refractivity contribution in [1.29, 1.82) is 0 Å². The Kier molecular flexibility index (Phi) is 7.13. The lowest BCUT2D eigenvalue weighted by Crippen LogP contribution is -2.42. The van der Waals surface area contributed by atoms with Crippen molar-refractivity contribution in [3.63, 3.8) is 0 Å². The monoisotopic (exact) mass is 320 g/mol. The number of methoxy groups -OCH3 is 1. The van der Waals surface area contributed by atoms with Crippen LogP contribution in [0.5, 0.6) is 5.75 Å². The molecule has 1 aromatic carbocycles. The van der Waals surface area contributed by atoms with E-state index < -0.39 is 12.1 Å². The van der Waals surface area contributed by atoms with E-state index in [1.807, 2.05) is 6.07 Å². The zero-order valence-corrected chi connectivity index (χ0v) is 12.2. The van der Waals surface area contributed by atoms with Crippen molar-refractivity contribution in [1.82, 2.24) is 10.2 Å². The van der Waals surface area contributed by atoms with E-state index in [-0.39, 0.29) is 0 Å². The minimum Gasteiger partial charge on any atom is -0.497 e. The van der Waals surface area contributed by atoms with Gasteiger partial charge in [0, 0.05) is 32.7 Å². The Labute approximate surface area is 126 Å². The van der Waals surface area contributed by atoms with Gasteiger partial charge in [0.15, 0.2) is 0 Å². The van der Waals surface area contributed by atoms with E-state index in [4.69, 9.17) is 14.6 Å². The molecular formula is C14H19F3N2O3. The first-order valence-electron chi connectivity index (χ1n) is 6.69. The number of halogens is 3. The van der Waals surface area contributed by atoms with Gasteiger partial charge in [0.1, 0.15) is 5.75 Å². The van der Waals surface area contributed by atoms with Crippen molar-refractivity contribution in [2.75, 3.05) is 33.3 Å². The number of carbonyl (C=O) groups is 1. The van der Waals surface area contributed by atoms with Gasteiger partial charge in [-0.2, -0.15) is 13.2 Å². The molecule has 1 saturated heterocycles. The number of benzene rings is 1. The topological polar surface area (TPSA) is 61.8 Å². The summed E-state index contributed by atoms with van der Waals surface area (Å²) in [5.74, 6) is -1.81. The first-order chi connectivity index (χ1) is 10.3. The van der Waals surface area contributed by atoms with E-state index >= 15 is 0 Å². The molecule has 5 nitrogen and oxygen atoms in total. The molecule has 0 unspecified atom stereocenters. The van der Waals surface area contributed by atoms with Gasteiger partial charge in [-0.1, -0.05) is 12.1 Å². The van der Waals surface area contributed by atoms with Crippen LogP contribution in [0.3, 0.4) is 0 Å². The molecular weight excluding hydrogens is 301 g/mol. The second kappa shape index (κ2) is 8.60. The lowest BCUT2D eigenvalue weighted by Gasteiger charge is -2.27. The van der Waals surface area contributed by atoms with E-state index in [0.29, 0.717) is 0 Å². The van der Waals surface area contributed by atoms with Crippen molar-refractivity contribution in [3.8, 4) is 5.75 Å². The van der Waals surface area contributed by atoms with E-state index in [1.165, 1.54) is 5.56 Å². The highest BCUT2D eigenvalue weighted by Crippen LogP contribution is 2.14. The minimum atomic E-state index is -5.08. The SMILES string of the molecule is COc1cccc(CN2CCNCC2)c1.O=C(O)C(F)(F)F. The number of carboxylic acid groups (broad SMARTS) is 1. The predicted molar refractivity (Wildman–Crippen MR) is 74.8 cm³/mol. The number of hydrogen-bond donors (Lipinski definition) is 2. The second-order valence-electron chi connectivity index (χ2n) is 4.68. The van der Waals surface area contributed by atoms with Gasteiger partial charge >= 0.3 is 12.1 Å². The van der Waals surface area contributed by atoms with Crippen LogP contribution in [0.25, 0.3) is 0 Å². The van der Waals surface area contributed by atoms with E-state index in [9.17, 15) is 13.2 Å². The number of alkyl halides is 3. The molecule has 1 fully saturated rings. The van der Waals surface area contributed by atoms with Crippen molar-refractivity contribution in [2.45, 2.75) is 12.7 Å². The Morgan fingerprint density at radius 1 is 1.36 bits per heavy atom. The molecule has 0 radical (unpaired) electrons. The fourth-order valence-corrected chi connectivity index (χ4v) is 1.90. The Morgan fingerprint density at radius 2 is 1.95 bits per heavy atom. The third kappa shape index (κ3) is 6.77. The maximum Gasteiger partial charge on any atom is 0.490 e. The van der Waals surface area contributed by atoms with E-state index in [0.717, 1.165) is 38.5 Å². The van der Waals surface area contributed by atoms with Crippen LogP contribution >= 0.6 is 0 Å². The summed E-state index contributed by atoms with van der Waals surface area (Å²) in [6.07, 6.45) is -5.08. The van der Waals surface area contributed by atoms with Crippen LogP contribution in [0, 0.1) is 0 Å². The van der Waals surface area contributed by atoms with Crippen molar-refractivity contribution in [2.24, 2.45) is 0 Å². The molecule has 1 aromatic rings. The van der Waals surface area contributed by atoms with Crippen LogP contribution in [0.2, 0.25) is 0 Å². The smallest absolute Gasteiger partial charge is 0.490 e. The second-order valence-corrected chi connectivity index (χ2v) is 4.68. The highest BCUT2D eigenvalue weighted by Gasteiger charge is 2.38. The van der Waals surface area contributed by atoms with Crippen molar-refractivity contribution in [3.05, 3.63) is 29.8 Å². The third-order valence-corrected chi connectivity index (χ3v) is 2.99. The summed E-state index contributed by atoms with van der Waals surface area (Å²) in [5.41, 5.74) is 1.33. The molecule has 8 heteroatoms. The summed E-state index contributed by atoms with van der Waals surface area (Å²) in [6.45, 7) is 5.50. The van der Waals surface area contributed by atoms with Gasteiger partial charge in [-0.15, -0.1) is 0 Å². The average Bonchev–Trinajstić information content (AvgIpc) is 2.48. The normalized spacial score (nSPS) is 15.6. The molecule has 2 rings (SSSR count). The largest absolute Gasteiger partial charge is 0.497 e. The number of piperazine rings is 1. The maximum atomic E-state index is 10.6. The summed E-state index contributed by atoms with van der Waals surface area (Å²) in [4.78, 5) is 11.4. The lowest BCUT2D eigenvalue weighted by atomic mass is 10.2. The Hall–Kier alpha value is -1.80. The molecule has 0 amide bonds. The Bertz CT molecular complexity index is 475. The van der Waals surface area contributed by atoms with Crippen LogP contribution in [0.1, 0.15) is 5.56 Å². The molecule has 1 aliphatic rings. The molecule has 0 aromatic heterocycles. The molecule has 1 aliphatic heterocycles. The number of hydrogen-bond acceptors (Lipinski definition) is 4. The molecule has 0 spiro atoms. The standard InChI is InChI=1S/C12H18N2O.C2HF3O2/c1-15-12-4-2-3-11(9-12)10-14-7-5-13-6-8-14;3-2(4,5)1(6)7/h2-4,9,13H,5-8,10H2,1H3;(H,6,7). The quantitative estimate of drug-likeness (QED) is 0.888. The number of nitrogens with zero attached hydrogens (tertiary/aromatic N) is 1. The van der Waals surface area contributed by atoms with Crippen LogP contribution < -0.4 is 10.1 Å². The summed E-state index contributed by atoms with van der Waals surface area (Å²) >= 11 is 0. The van der Waals surface area contributed by atoms with Gasteiger partial charge < -0.3 is 15.2 Å². The number of rotatable bonds is 3. The van der Waals surface area contributed by atoms with Crippen LogP contribution in [0.15, 0.2) is 24.3 Å². The van der Waals surface area contributed by atoms with Crippen molar-refractivity contribution < 1.29 is 27.8 Å². The Balaban J connectivity index is 0.000000295. The molecule has 124 valence electrons. The van der Waals surface area contributed by atoms with Gasteiger partial charge in [0.05, 0.1) is 7.11 Å². The predicted octanol–water partition coefficient (Wildman–Crippen LogP) is 1.73. The van der Waals surface area contributed by atoms with Gasteiger partial charge in [-0.05, 0) is 17.7 Å². The third-order valence-electron chi connectivity index (χ3n) is 2.99. The summed E-state index contributed by atoms with van der Waals surface area (Å²) in [5, 5.41) is 10.5. The molecule has 0 atom stereocenters. The Morgan fingerprint density at radius 3 is 2.45 bits per heavy atom. The van der Waals surface area contributed by atoms with Gasteiger partial charge in [-0.3, -0.25) is 4.90 Å². The summed E-state index contributed by atoms with van der Waals surface area (Å²) in [7, 11) is 1.71. The summed E-state index contributed by atoms with van der Waals surface area (Å²) < 4.78 is 36.9. The summed E-state index contributed by atoms with van der Waals surface area (Å²) in [6, 6.07) is 8.31. The van der Waals surface area contributed by atoms with Crippen molar-refractivity contribution >= 4 is 5.97 Å². The molecule has 2 N–H and O–H groups in total. The fraction of sp³-hybridized carbons (Fsp3) is 0.500. The van der Waals surface area contributed by atoms with Gasteiger partial charge in [-0.25, -0.2) is 4.79 Å². The van der Waals surface area contributed by atoms with Crippen LogP contribution in [-0.4, -0.2) is 55.4 Å². The average molecular weight is 320 g/mol. The number of nitrogens with one attached hydrogen (secondary N) is 1. The highest BCUT2D eigenvalue weighted by atomic mass is 19.4. The zero-order chi connectivity index (χ0) is 16.6. The molecule has 0 aliphatic carbocycles. The first-order valence-corrected chi connectivity index (χ1v) is 6.69. The number of ether oxygens (including phenoxy) is 1. The zero-order valence-electron chi connectivity index (χ0n) is 12.2. The van der Waals surface area contributed by atoms with Gasteiger partial charge in [0.2, 0.25) is 0 Å². The molecule has 0 bridgehead atoms. The van der Waals surface area contributed by atoms with Crippen LogP contribution in [-0.2, 0) is 11.3 Å². The van der Waals surface area contributed by atoms with Crippen LogP contribution in [0.4, 0.5) is 13.2 Å². The minimum absolute atomic E-state index is 0.947. The lowest BCUT2D eigenvalue weighted by molar-refractivity contribution is -0.192. The number of aliphatic carboxylic acids is 1. The fourth-order valence-electron chi connectivity index (χ4n) is 1.90. The van der Waals surface area contributed by atoms with E-state index in [2.05, 4.69) is 28.4 Å². The number of carboxylic acids is 1.